The molecule has 0 radical (unpaired) electrons. The molecule has 0 saturated heterocycles. The monoisotopic (exact) mass is 376 g/mol. The Hall–Kier alpha value is -3.15. The van der Waals surface area contributed by atoms with E-state index in [4.69, 9.17) is 4.74 Å². The SMILES string of the molecule is CCOc1ccc(CNC(=O)C2CCCn3c(-c4ccccc4)nnc32)cc1. The van der Waals surface area contributed by atoms with Gasteiger partial charge >= 0.3 is 0 Å². The average Bonchev–Trinajstić information content (AvgIpc) is 3.18. The van der Waals surface area contributed by atoms with Crippen LogP contribution < -0.4 is 10.1 Å². The first-order chi connectivity index (χ1) is 13.8. The number of carbonyl (C=O) groups is 1. The van der Waals surface area contributed by atoms with Crippen molar-refractivity contribution in [1.82, 2.24) is 20.1 Å². The van der Waals surface area contributed by atoms with Gasteiger partial charge in [-0.05, 0) is 37.5 Å². The number of fused-ring (bicyclic) bond motifs is 1. The van der Waals surface area contributed by atoms with Crippen LogP contribution >= 0.6 is 0 Å². The van der Waals surface area contributed by atoms with Crippen molar-refractivity contribution in [3.63, 3.8) is 0 Å². The van der Waals surface area contributed by atoms with Crippen LogP contribution in [0.1, 0.15) is 37.1 Å². The molecule has 1 atom stereocenters. The Morgan fingerprint density at radius 2 is 1.93 bits per heavy atom. The van der Waals surface area contributed by atoms with Crippen LogP contribution in [0, 0.1) is 0 Å². The van der Waals surface area contributed by atoms with Crippen molar-refractivity contribution in [2.45, 2.75) is 38.8 Å². The fourth-order valence-electron chi connectivity index (χ4n) is 3.61. The van der Waals surface area contributed by atoms with Gasteiger partial charge in [0.05, 0.1) is 12.5 Å². The zero-order valence-corrected chi connectivity index (χ0v) is 16.0. The summed E-state index contributed by atoms with van der Waals surface area (Å²) >= 11 is 0. The summed E-state index contributed by atoms with van der Waals surface area (Å²) in [7, 11) is 0. The van der Waals surface area contributed by atoms with Gasteiger partial charge in [0, 0.05) is 18.7 Å². The van der Waals surface area contributed by atoms with Crippen LogP contribution in [0.25, 0.3) is 11.4 Å². The van der Waals surface area contributed by atoms with E-state index in [9.17, 15) is 4.79 Å². The maximum absolute atomic E-state index is 12.8. The molecule has 1 aliphatic heterocycles. The molecular weight excluding hydrogens is 352 g/mol. The van der Waals surface area contributed by atoms with Gasteiger partial charge in [-0.15, -0.1) is 10.2 Å². The van der Waals surface area contributed by atoms with Gasteiger partial charge < -0.3 is 14.6 Å². The quantitative estimate of drug-likeness (QED) is 0.714. The lowest BCUT2D eigenvalue weighted by molar-refractivity contribution is -0.123. The molecule has 1 N–H and O–H groups in total. The molecule has 2 heterocycles. The standard InChI is InChI=1S/C22H24N4O2/c1-2-28-18-12-10-16(11-13-18)15-23-22(27)19-9-6-14-26-20(24-25-21(19)26)17-7-4-3-5-8-17/h3-5,7-8,10-13,19H,2,6,9,14-15H2,1H3,(H,23,27). The second-order valence-corrected chi connectivity index (χ2v) is 6.89. The van der Waals surface area contributed by atoms with Gasteiger partial charge in [-0.2, -0.15) is 0 Å². The topological polar surface area (TPSA) is 69.0 Å². The summed E-state index contributed by atoms with van der Waals surface area (Å²) in [5, 5.41) is 11.8. The Balaban J connectivity index is 1.46. The molecule has 6 heteroatoms. The molecule has 144 valence electrons. The minimum absolute atomic E-state index is 0.00171. The van der Waals surface area contributed by atoms with Crippen LogP contribution in [-0.4, -0.2) is 27.3 Å². The predicted molar refractivity (Wildman–Crippen MR) is 107 cm³/mol. The van der Waals surface area contributed by atoms with Crippen molar-refractivity contribution in [2.75, 3.05) is 6.61 Å². The van der Waals surface area contributed by atoms with Gasteiger partial charge in [-0.3, -0.25) is 4.79 Å². The van der Waals surface area contributed by atoms with E-state index in [1.807, 2.05) is 61.5 Å². The first-order valence-corrected chi connectivity index (χ1v) is 9.74. The predicted octanol–water partition coefficient (Wildman–Crippen LogP) is 3.54. The summed E-state index contributed by atoms with van der Waals surface area (Å²) in [6.45, 7) is 3.93. The zero-order chi connectivity index (χ0) is 19.3. The Bertz CT molecular complexity index is 935. The minimum atomic E-state index is -0.263. The van der Waals surface area contributed by atoms with Crippen molar-refractivity contribution >= 4 is 5.91 Å². The number of amides is 1. The number of carbonyl (C=O) groups excluding carboxylic acids is 1. The normalized spacial score (nSPS) is 15.7. The molecule has 0 spiro atoms. The molecule has 1 amide bonds. The van der Waals surface area contributed by atoms with Crippen molar-refractivity contribution in [3.05, 3.63) is 66.0 Å². The van der Waals surface area contributed by atoms with Gasteiger partial charge in [0.1, 0.15) is 11.6 Å². The lowest BCUT2D eigenvalue weighted by atomic mass is 9.97. The Kier molecular flexibility index (Phi) is 5.37. The Labute approximate surface area is 164 Å². The molecular formula is C22H24N4O2. The highest BCUT2D eigenvalue weighted by molar-refractivity contribution is 5.83. The molecule has 0 fully saturated rings. The van der Waals surface area contributed by atoms with E-state index in [2.05, 4.69) is 20.1 Å². The lowest BCUT2D eigenvalue weighted by Crippen LogP contribution is -2.32. The number of hydrogen-bond acceptors (Lipinski definition) is 4. The summed E-state index contributed by atoms with van der Waals surface area (Å²) in [6, 6.07) is 17.8. The van der Waals surface area contributed by atoms with Gasteiger partial charge in [0.25, 0.3) is 0 Å². The second-order valence-electron chi connectivity index (χ2n) is 6.89. The van der Waals surface area contributed by atoms with Crippen LogP contribution in [0.2, 0.25) is 0 Å². The molecule has 3 aromatic rings. The minimum Gasteiger partial charge on any atom is -0.494 e. The fourth-order valence-corrected chi connectivity index (χ4v) is 3.61. The highest BCUT2D eigenvalue weighted by atomic mass is 16.5. The molecule has 0 aliphatic carbocycles. The highest BCUT2D eigenvalue weighted by Gasteiger charge is 2.30. The van der Waals surface area contributed by atoms with Crippen LogP contribution in [0.15, 0.2) is 54.6 Å². The summed E-state index contributed by atoms with van der Waals surface area (Å²) in [5.74, 6) is 2.17. The summed E-state index contributed by atoms with van der Waals surface area (Å²) < 4.78 is 7.54. The first kappa shape index (κ1) is 18.2. The first-order valence-electron chi connectivity index (χ1n) is 9.74. The van der Waals surface area contributed by atoms with Gasteiger partial charge in [0.15, 0.2) is 5.82 Å². The fraction of sp³-hybridized carbons (Fsp3) is 0.318. The van der Waals surface area contributed by atoms with Crippen LogP contribution in [0.4, 0.5) is 0 Å². The molecule has 1 aliphatic rings. The van der Waals surface area contributed by atoms with Crippen molar-refractivity contribution in [2.24, 2.45) is 0 Å². The Morgan fingerprint density at radius 3 is 2.68 bits per heavy atom. The number of nitrogens with one attached hydrogen (secondary N) is 1. The van der Waals surface area contributed by atoms with Gasteiger partial charge in [0.2, 0.25) is 5.91 Å². The van der Waals surface area contributed by atoms with Crippen molar-refractivity contribution in [1.29, 1.82) is 0 Å². The molecule has 1 unspecified atom stereocenters. The Morgan fingerprint density at radius 1 is 1.14 bits per heavy atom. The third kappa shape index (κ3) is 3.76. The summed E-state index contributed by atoms with van der Waals surface area (Å²) in [4.78, 5) is 12.8. The van der Waals surface area contributed by atoms with E-state index in [0.29, 0.717) is 13.2 Å². The molecule has 1 aromatic heterocycles. The maximum Gasteiger partial charge on any atom is 0.231 e. The molecule has 6 nitrogen and oxygen atoms in total. The van der Waals surface area contributed by atoms with E-state index in [0.717, 1.165) is 47.9 Å². The van der Waals surface area contributed by atoms with Crippen LogP contribution in [-0.2, 0) is 17.9 Å². The number of hydrogen-bond donors (Lipinski definition) is 1. The van der Waals surface area contributed by atoms with E-state index in [-0.39, 0.29) is 11.8 Å². The highest BCUT2D eigenvalue weighted by Crippen LogP contribution is 2.30. The largest absolute Gasteiger partial charge is 0.494 e. The smallest absolute Gasteiger partial charge is 0.231 e. The molecule has 0 bridgehead atoms. The number of rotatable bonds is 6. The maximum atomic E-state index is 12.8. The third-order valence-electron chi connectivity index (χ3n) is 5.02. The number of aromatic nitrogens is 3. The van der Waals surface area contributed by atoms with Crippen molar-refractivity contribution < 1.29 is 9.53 Å². The van der Waals surface area contributed by atoms with E-state index >= 15 is 0 Å². The van der Waals surface area contributed by atoms with Crippen LogP contribution in [0.5, 0.6) is 5.75 Å². The van der Waals surface area contributed by atoms with Crippen molar-refractivity contribution in [3.8, 4) is 17.1 Å². The third-order valence-corrected chi connectivity index (χ3v) is 5.02. The summed E-state index contributed by atoms with van der Waals surface area (Å²) in [5.41, 5.74) is 2.07. The molecule has 0 saturated carbocycles. The summed E-state index contributed by atoms with van der Waals surface area (Å²) in [6.07, 6.45) is 1.73. The molecule has 2 aromatic carbocycles. The number of benzene rings is 2. The van der Waals surface area contributed by atoms with E-state index in [1.54, 1.807) is 0 Å². The lowest BCUT2D eigenvalue weighted by Gasteiger charge is -2.23. The molecule has 4 rings (SSSR count). The van der Waals surface area contributed by atoms with Gasteiger partial charge in [-0.25, -0.2) is 0 Å². The number of nitrogens with zero attached hydrogens (tertiary/aromatic N) is 3. The van der Waals surface area contributed by atoms with Crippen LogP contribution in [0.3, 0.4) is 0 Å². The number of ether oxygens (including phenoxy) is 1. The van der Waals surface area contributed by atoms with Gasteiger partial charge in [-0.1, -0.05) is 42.5 Å². The molecule has 28 heavy (non-hydrogen) atoms. The van der Waals surface area contributed by atoms with E-state index in [1.165, 1.54) is 0 Å². The van der Waals surface area contributed by atoms with E-state index < -0.39 is 0 Å². The second kappa shape index (κ2) is 8.25. The average molecular weight is 376 g/mol. The zero-order valence-electron chi connectivity index (χ0n) is 16.0.